The number of amides is 1. The highest BCUT2D eigenvalue weighted by atomic mass is 16.1. The molecule has 3 N–H and O–H groups in total. The molecule has 1 amide bonds. The summed E-state index contributed by atoms with van der Waals surface area (Å²) in [5, 5.41) is 5.71. The van der Waals surface area contributed by atoms with Crippen molar-refractivity contribution in [3.05, 3.63) is 48.0 Å². The van der Waals surface area contributed by atoms with Crippen LogP contribution in [0.1, 0.15) is 50.6 Å². The number of benzene rings is 2. The van der Waals surface area contributed by atoms with Crippen LogP contribution in [-0.2, 0) is 4.79 Å². The fourth-order valence-corrected chi connectivity index (χ4v) is 4.89. The average molecular weight is 336 g/mol. The summed E-state index contributed by atoms with van der Waals surface area (Å²) in [6.45, 7) is 2.08. The second-order valence-electron chi connectivity index (χ2n) is 8.03. The summed E-state index contributed by atoms with van der Waals surface area (Å²) in [6, 6.07) is 15.1. The van der Waals surface area contributed by atoms with Crippen molar-refractivity contribution in [1.29, 1.82) is 0 Å². The van der Waals surface area contributed by atoms with Crippen LogP contribution >= 0.6 is 0 Å². The third-order valence-electron chi connectivity index (χ3n) is 6.42. The largest absolute Gasteiger partial charge is 0.349 e. The average Bonchev–Trinajstić information content (AvgIpc) is 2.61. The lowest BCUT2D eigenvalue weighted by molar-refractivity contribution is -0.128. The van der Waals surface area contributed by atoms with Gasteiger partial charge < -0.3 is 11.1 Å². The van der Waals surface area contributed by atoms with Crippen molar-refractivity contribution < 1.29 is 4.79 Å². The smallest absolute Gasteiger partial charge is 0.223 e. The van der Waals surface area contributed by atoms with Gasteiger partial charge in [-0.05, 0) is 66.8 Å². The highest BCUT2D eigenvalue weighted by molar-refractivity contribution is 5.83. The molecule has 25 heavy (non-hydrogen) atoms. The zero-order valence-electron chi connectivity index (χ0n) is 14.9. The van der Waals surface area contributed by atoms with E-state index in [0.717, 1.165) is 12.8 Å². The Morgan fingerprint density at radius 1 is 1.08 bits per heavy atom. The Kier molecular flexibility index (Phi) is 4.51. The minimum Gasteiger partial charge on any atom is -0.349 e. The lowest BCUT2D eigenvalue weighted by Gasteiger charge is -2.43. The summed E-state index contributed by atoms with van der Waals surface area (Å²) in [5.74, 6) is 1.43. The molecule has 2 aromatic rings. The molecule has 3 heteroatoms. The number of nitrogens with one attached hydrogen (secondary N) is 1. The first-order valence-electron chi connectivity index (χ1n) is 9.66. The minimum absolute atomic E-state index is 0.0348. The van der Waals surface area contributed by atoms with Gasteiger partial charge in [0.2, 0.25) is 5.91 Å². The van der Waals surface area contributed by atoms with Crippen LogP contribution in [0.3, 0.4) is 0 Å². The van der Waals surface area contributed by atoms with Gasteiger partial charge in [0, 0.05) is 12.0 Å². The second-order valence-corrected chi connectivity index (χ2v) is 8.03. The number of carbonyl (C=O) groups is 1. The summed E-state index contributed by atoms with van der Waals surface area (Å²) in [5.41, 5.74) is 7.53. The van der Waals surface area contributed by atoms with E-state index in [-0.39, 0.29) is 17.9 Å². The summed E-state index contributed by atoms with van der Waals surface area (Å²) in [6.07, 6.45) is 5.61. The molecule has 2 bridgehead atoms. The summed E-state index contributed by atoms with van der Waals surface area (Å²) in [7, 11) is 0. The van der Waals surface area contributed by atoms with Crippen LogP contribution in [0.5, 0.6) is 0 Å². The molecule has 2 saturated carbocycles. The van der Waals surface area contributed by atoms with E-state index in [0.29, 0.717) is 17.9 Å². The van der Waals surface area contributed by atoms with E-state index >= 15 is 0 Å². The van der Waals surface area contributed by atoms with Gasteiger partial charge in [-0.25, -0.2) is 0 Å². The van der Waals surface area contributed by atoms with Gasteiger partial charge in [0.1, 0.15) is 0 Å². The van der Waals surface area contributed by atoms with Crippen LogP contribution in [-0.4, -0.2) is 11.9 Å². The molecule has 3 nitrogen and oxygen atoms in total. The summed E-state index contributed by atoms with van der Waals surface area (Å²) in [4.78, 5) is 12.8. The van der Waals surface area contributed by atoms with Crippen LogP contribution in [0.2, 0.25) is 0 Å². The Morgan fingerprint density at radius 3 is 2.48 bits per heavy atom. The van der Waals surface area contributed by atoms with Crippen LogP contribution < -0.4 is 11.1 Å². The van der Waals surface area contributed by atoms with E-state index in [1.165, 1.54) is 35.6 Å². The van der Waals surface area contributed by atoms with Gasteiger partial charge in [-0.3, -0.25) is 4.79 Å². The van der Waals surface area contributed by atoms with E-state index < -0.39 is 0 Å². The molecule has 3 atom stereocenters. The molecule has 0 radical (unpaired) electrons. The SMILES string of the molecule is CC(NC(=O)C1CC2CCCC(C1)C2N)c1ccc2ccccc2c1. The van der Waals surface area contributed by atoms with Gasteiger partial charge in [-0.2, -0.15) is 0 Å². The van der Waals surface area contributed by atoms with Gasteiger partial charge in [0.15, 0.2) is 0 Å². The van der Waals surface area contributed by atoms with E-state index in [9.17, 15) is 4.79 Å². The van der Waals surface area contributed by atoms with Crippen molar-refractivity contribution in [3.8, 4) is 0 Å². The molecule has 2 aliphatic rings. The number of rotatable bonds is 3. The van der Waals surface area contributed by atoms with E-state index in [2.05, 4.69) is 54.7 Å². The van der Waals surface area contributed by atoms with Gasteiger partial charge in [-0.1, -0.05) is 42.8 Å². The Labute approximate surface area is 150 Å². The molecular formula is C22H28N2O. The molecule has 132 valence electrons. The van der Waals surface area contributed by atoms with Crippen LogP contribution in [0.15, 0.2) is 42.5 Å². The molecule has 4 rings (SSSR count). The highest BCUT2D eigenvalue weighted by Gasteiger charge is 2.40. The minimum atomic E-state index is 0.0348. The summed E-state index contributed by atoms with van der Waals surface area (Å²) >= 11 is 0. The zero-order chi connectivity index (χ0) is 17.4. The molecule has 2 aromatic carbocycles. The van der Waals surface area contributed by atoms with Gasteiger partial charge in [0.05, 0.1) is 6.04 Å². The predicted molar refractivity (Wildman–Crippen MR) is 102 cm³/mol. The van der Waals surface area contributed by atoms with Crippen molar-refractivity contribution in [2.24, 2.45) is 23.5 Å². The lowest BCUT2D eigenvalue weighted by atomic mass is 9.65. The van der Waals surface area contributed by atoms with Crippen molar-refractivity contribution >= 4 is 16.7 Å². The van der Waals surface area contributed by atoms with E-state index in [4.69, 9.17) is 5.73 Å². The van der Waals surface area contributed by atoms with Gasteiger partial charge in [0.25, 0.3) is 0 Å². The topological polar surface area (TPSA) is 55.1 Å². The number of carbonyl (C=O) groups excluding carboxylic acids is 1. The van der Waals surface area contributed by atoms with Crippen LogP contribution in [0, 0.1) is 17.8 Å². The standard InChI is InChI=1S/C22H28N2O/c1-14(16-10-9-15-5-2-3-6-17(15)11-16)24-22(25)20-12-18-7-4-8-19(13-20)21(18)23/h2-3,5-6,9-11,14,18-21H,4,7-8,12-13,23H2,1H3,(H,24,25). The Morgan fingerprint density at radius 2 is 1.76 bits per heavy atom. The molecular weight excluding hydrogens is 308 g/mol. The van der Waals surface area contributed by atoms with Crippen LogP contribution in [0.25, 0.3) is 10.8 Å². The fraction of sp³-hybridized carbons (Fsp3) is 0.500. The third kappa shape index (κ3) is 3.30. The van der Waals surface area contributed by atoms with Crippen molar-refractivity contribution in [2.45, 2.75) is 51.1 Å². The molecule has 0 heterocycles. The molecule has 0 saturated heterocycles. The zero-order valence-corrected chi connectivity index (χ0v) is 14.9. The first-order chi connectivity index (χ1) is 12.1. The fourth-order valence-electron chi connectivity index (χ4n) is 4.89. The second kappa shape index (κ2) is 6.80. The Hall–Kier alpha value is -1.87. The number of nitrogens with two attached hydrogens (primary N) is 1. The third-order valence-corrected chi connectivity index (χ3v) is 6.42. The Balaban J connectivity index is 1.44. The van der Waals surface area contributed by atoms with Gasteiger partial charge >= 0.3 is 0 Å². The maximum absolute atomic E-state index is 12.8. The van der Waals surface area contributed by atoms with Crippen molar-refractivity contribution in [2.75, 3.05) is 0 Å². The number of hydrogen-bond donors (Lipinski definition) is 2. The Bertz CT molecular complexity index is 757. The highest BCUT2D eigenvalue weighted by Crippen LogP contribution is 2.42. The molecule has 2 aliphatic carbocycles. The first-order valence-corrected chi connectivity index (χ1v) is 9.66. The number of hydrogen-bond acceptors (Lipinski definition) is 2. The lowest BCUT2D eigenvalue weighted by Crippen LogP contribution is -2.49. The normalized spacial score (nSPS) is 30.0. The van der Waals surface area contributed by atoms with E-state index in [1.807, 2.05) is 0 Å². The monoisotopic (exact) mass is 336 g/mol. The van der Waals surface area contributed by atoms with Crippen molar-refractivity contribution in [3.63, 3.8) is 0 Å². The van der Waals surface area contributed by atoms with E-state index in [1.54, 1.807) is 0 Å². The van der Waals surface area contributed by atoms with Gasteiger partial charge in [-0.15, -0.1) is 0 Å². The summed E-state index contributed by atoms with van der Waals surface area (Å²) < 4.78 is 0. The molecule has 2 fully saturated rings. The predicted octanol–water partition coefficient (Wildman–Crippen LogP) is 4.17. The van der Waals surface area contributed by atoms with Crippen molar-refractivity contribution in [1.82, 2.24) is 5.32 Å². The molecule has 0 aliphatic heterocycles. The number of fused-ring (bicyclic) bond motifs is 3. The quantitative estimate of drug-likeness (QED) is 0.884. The molecule has 3 unspecified atom stereocenters. The maximum Gasteiger partial charge on any atom is 0.223 e. The first kappa shape index (κ1) is 16.6. The molecule has 0 aromatic heterocycles. The maximum atomic E-state index is 12.8. The molecule has 0 spiro atoms. The van der Waals surface area contributed by atoms with Crippen LogP contribution in [0.4, 0.5) is 0 Å².